The van der Waals surface area contributed by atoms with E-state index < -0.39 is 35.6 Å². The van der Waals surface area contributed by atoms with Crippen molar-refractivity contribution in [2.75, 3.05) is 7.11 Å². The van der Waals surface area contributed by atoms with Crippen LogP contribution >= 0.6 is 0 Å². The number of methoxy groups -OCH3 is 1. The molecular weight excluding hydrogens is 240 g/mol. The molecule has 0 fully saturated rings. The molecule has 0 aliphatic heterocycles. The van der Waals surface area contributed by atoms with Crippen LogP contribution in [0.5, 0.6) is 5.75 Å². The van der Waals surface area contributed by atoms with Crippen molar-refractivity contribution in [1.29, 1.82) is 0 Å². The van der Waals surface area contributed by atoms with Crippen LogP contribution in [0.1, 0.15) is 17.8 Å². The molecule has 0 unspecified atom stereocenters. The summed E-state index contributed by atoms with van der Waals surface area (Å²) in [6.45, 7) is 0. The first-order valence-corrected chi connectivity index (χ1v) is 3.87. The fraction of sp³-hybridized carbons (Fsp3) is 0.375. The molecule has 0 N–H and O–H groups in total. The molecule has 16 heavy (non-hydrogen) atoms. The molecule has 0 amide bonds. The number of rotatable bonds is 2. The minimum Gasteiger partial charge on any atom is -0.492 e. The lowest BCUT2D eigenvalue weighted by Crippen LogP contribution is -2.12. The summed E-state index contributed by atoms with van der Waals surface area (Å²) < 4.78 is 78.2. The van der Waals surface area contributed by atoms with E-state index in [2.05, 4.69) is 9.72 Å². The van der Waals surface area contributed by atoms with Gasteiger partial charge in [-0.3, -0.25) is 0 Å². The summed E-state index contributed by atoms with van der Waals surface area (Å²) in [6.07, 6.45) is -8.34. The highest BCUT2D eigenvalue weighted by Gasteiger charge is 2.36. The average Bonchev–Trinajstić information content (AvgIpc) is 2.14. The molecule has 0 bridgehead atoms. The second kappa shape index (κ2) is 4.18. The van der Waals surface area contributed by atoms with Gasteiger partial charge in [0.25, 0.3) is 6.43 Å². The molecule has 2 nitrogen and oxygen atoms in total. The summed E-state index contributed by atoms with van der Waals surface area (Å²) in [5, 5.41) is 0. The number of nitrogens with zero attached hydrogens (tertiary/aromatic N) is 1. The Morgan fingerprint density at radius 2 is 1.88 bits per heavy atom. The Hall–Kier alpha value is -1.47. The minimum atomic E-state index is -4.99. The van der Waals surface area contributed by atoms with Gasteiger partial charge in [-0.1, -0.05) is 0 Å². The van der Waals surface area contributed by atoms with Gasteiger partial charge < -0.3 is 4.74 Å². The normalized spacial score (nSPS) is 12.0. The lowest BCUT2D eigenvalue weighted by molar-refractivity contribution is -0.141. The van der Waals surface area contributed by atoms with Gasteiger partial charge in [0.1, 0.15) is 5.69 Å². The first-order valence-electron chi connectivity index (χ1n) is 3.87. The zero-order valence-corrected chi connectivity index (χ0v) is 7.78. The van der Waals surface area contributed by atoms with Crippen molar-refractivity contribution in [2.45, 2.75) is 12.6 Å². The van der Waals surface area contributed by atoms with E-state index in [1.807, 2.05) is 0 Å². The first-order chi connectivity index (χ1) is 7.27. The van der Waals surface area contributed by atoms with Gasteiger partial charge in [-0.15, -0.1) is 0 Å². The highest BCUT2D eigenvalue weighted by Crippen LogP contribution is 2.35. The quantitative estimate of drug-likeness (QED) is 0.746. The predicted octanol–water partition coefficient (Wildman–Crippen LogP) is 3.19. The molecule has 0 aliphatic rings. The first kappa shape index (κ1) is 12.6. The third kappa shape index (κ3) is 2.37. The molecule has 1 aromatic rings. The average molecular weight is 245 g/mol. The lowest BCUT2D eigenvalue weighted by Gasteiger charge is -2.11. The number of pyridine rings is 1. The minimum absolute atomic E-state index is 0.00468. The summed E-state index contributed by atoms with van der Waals surface area (Å²) in [7, 11) is 0.860. The van der Waals surface area contributed by atoms with Crippen molar-refractivity contribution in [3.05, 3.63) is 23.3 Å². The van der Waals surface area contributed by atoms with E-state index in [0.29, 0.717) is 0 Å². The van der Waals surface area contributed by atoms with Crippen molar-refractivity contribution in [3.8, 4) is 5.75 Å². The molecule has 0 spiro atoms. The Labute approximate surface area is 85.9 Å². The van der Waals surface area contributed by atoms with Gasteiger partial charge in [-0.2, -0.15) is 13.2 Å². The fourth-order valence-electron chi connectivity index (χ4n) is 1.02. The van der Waals surface area contributed by atoms with Crippen LogP contribution in [0, 0.1) is 5.82 Å². The van der Waals surface area contributed by atoms with Crippen LogP contribution in [0.15, 0.2) is 6.07 Å². The smallest absolute Gasteiger partial charge is 0.433 e. The zero-order chi connectivity index (χ0) is 12.5. The van der Waals surface area contributed by atoms with Crippen molar-refractivity contribution < 1.29 is 31.1 Å². The van der Waals surface area contributed by atoms with Crippen molar-refractivity contribution >= 4 is 0 Å². The molecule has 90 valence electrons. The third-order valence-corrected chi connectivity index (χ3v) is 1.66. The third-order valence-electron chi connectivity index (χ3n) is 1.66. The summed E-state index contributed by atoms with van der Waals surface area (Å²) in [6, 6.07) is 0.00468. The van der Waals surface area contributed by atoms with Crippen LogP contribution in [0.2, 0.25) is 0 Å². The number of aromatic nitrogens is 1. The van der Waals surface area contributed by atoms with Gasteiger partial charge in [0.05, 0.1) is 7.11 Å². The fourth-order valence-corrected chi connectivity index (χ4v) is 1.02. The van der Waals surface area contributed by atoms with Crippen molar-refractivity contribution in [3.63, 3.8) is 0 Å². The molecule has 0 radical (unpaired) electrons. The van der Waals surface area contributed by atoms with E-state index in [9.17, 15) is 26.3 Å². The second-order valence-electron chi connectivity index (χ2n) is 2.71. The van der Waals surface area contributed by atoms with Crippen LogP contribution in [0.3, 0.4) is 0 Å². The van der Waals surface area contributed by atoms with Gasteiger partial charge in [0.15, 0.2) is 17.3 Å². The van der Waals surface area contributed by atoms with E-state index in [1.165, 1.54) is 0 Å². The molecule has 0 atom stereocenters. The number of hydrogen-bond acceptors (Lipinski definition) is 2. The van der Waals surface area contributed by atoms with Crippen LogP contribution < -0.4 is 4.74 Å². The largest absolute Gasteiger partial charge is 0.492 e. The molecule has 0 saturated carbocycles. The standard InChI is InChI=1S/C8H5F6NO/c1-16-6-3(9)2-4(8(12,13)14)15-5(6)7(10)11/h2,7H,1H3. The highest BCUT2D eigenvalue weighted by molar-refractivity contribution is 5.33. The molecule has 0 saturated heterocycles. The number of halogens is 6. The molecule has 1 heterocycles. The van der Waals surface area contributed by atoms with Gasteiger partial charge in [0, 0.05) is 6.07 Å². The Morgan fingerprint density at radius 1 is 1.31 bits per heavy atom. The molecule has 0 aliphatic carbocycles. The summed E-state index contributed by atoms with van der Waals surface area (Å²) in [5.41, 5.74) is -3.09. The second-order valence-corrected chi connectivity index (χ2v) is 2.71. The van der Waals surface area contributed by atoms with Crippen molar-refractivity contribution in [2.24, 2.45) is 0 Å². The van der Waals surface area contributed by atoms with E-state index in [4.69, 9.17) is 0 Å². The van der Waals surface area contributed by atoms with Crippen LogP contribution in [-0.4, -0.2) is 12.1 Å². The summed E-state index contributed by atoms with van der Waals surface area (Å²) in [4.78, 5) is 2.64. The van der Waals surface area contributed by atoms with Gasteiger partial charge in [-0.25, -0.2) is 18.2 Å². The van der Waals surface area contributed by atoms with E-state index in [0.717, 1.165) is 7.11 Å². The van der Waals surface area contributed by atoms with E-state index in [1.54, 1.807) is 0 Å². The maximum absolute atomic E-state index is 13.0. The van der Waals surface area contributed by atoms with E-state index in [-0.39, 0.29) is 6.07 Å². The Kier molecular flexibility index (Phi) is 3.30. The van der Waals surface area contributed by atoms with Gasteiger partial charge in [0.2, 0.25) is 0 Å². The van der Waals surface area contributed by atoms with Crippen molar-refractivity contribution in [1.82, 2.24) is 4.98 Å². The van der Waals surface area contributed by atoms with Crippen LogP contribution in [-0.2, 0) is 6.18 Å². The maximum Gasteiger partial charge on any atom is 0.433 e. The van der Waals surface area contributed by atoms with E-state index >= 15 is 0 Å². The number of ether oxygens (including phenoxy) is 1. The highest BCUT2D eigenvalue weighted by atomic mass is 19.4. The number of hydrogen-bond donors (Lipinski definition) is 0. The van der Waals surface area contributed by atoms with Crippen LogP contribution in [0.25, 0.3) is 0 Å². The Morgan fingerprint density at radius 3 is 2.25 bits per heavy atom. The zero-order valence-electron chi connectivity index (χ0n) is 7.78. The molecular formula is C8H5F6NO. The molecule has 1 aromatic heterocycles. The Balaban J connectivity index is 3.40. The SMILES string of the molecule is COc1c(F)cc(C(F)(F)F)nc1C(F)F. The maximum atomic E-state index is 13.0. The molecule has 0 aromatic carbocycles. The topological polar surface area (TPSA) is 22.1 Å². The predicted molar refractivity (Wildman–Crippen MR) is 40.7 cm³/mol. The van der Waals surface area contributed by atoms with Crippen LogP contribution in [0.4, 0.5) is 26.3 Å². The summed E-state index contributed by atoms with van der Waals surface area (Å²) >= 11 is 0. The summed E-state index contributed by atoms with van der Waals surface area (Å²) in [5.74, 6) is -2.51. The molecule has 1 rings (SSSR count). The van der Waals surface area contributed by atoms with Gasteiger partial charge >= 0.3 is 6.18 Å². The number of alkyl halides is 5. The van der Waals surface area contributed by atoms with Gasteiger partial charge in [-0.05, 0) is 0 Å². The lowest BCUT2D eigenvalue weighted by atomic mass is 10.2. The monoisotopic (exact) mass is 245 g/mol. The Bertz CT molecular complexity index is 389. The molecule has 8 heteroatoms.